The van der Waals surface area contributed by atoms with Crippen LogP contribution in [0.15, 0.2) is 12.4 Å². The van der Waals surface area contributed by atoms with E-state index in [2.05, 4.69) is 15.3 Å². The predicted octanol–water partition coefficient (Wildman–Crippen LogP) is 2.96. The van der Waals surface area contributed by atoms with Crippen molar-refractivity contribution in [3.8, 4) is 0 Å². The molecular weight excluding hydrogens is 202 g/mol. The molecule has 68 valence electrons. The van der Waals surface area contributed by atoms with Gasteiger partial charge in [0.1, 0.15) is 0 Å². The van der Waals surface area contributed by atoms with E-state index < -0.39 is 0 Å². The van der Waals surface area contributed by atoms with Crippen molar-refractivity contribution in [1.82, 2.24) is 9.97 Å². The number of thiazole rings is 2. The second-order valence-electron chi connectivity index (χ2n) is 2.68. The zero-order chi connectivity index (χ0) is 9.26. The molecule has 0 amide bonds. The molecule has 0 radical (unpaired) electrons. The van der Waals surface area contributed by atoms with E-state index in [1.807, 2.05) is 26.2 Å². The molecule has 0 aliphatic heterocycles. The second kappa shape index (κ2) is 3.43. The van der Waals surface area contributed by atoms with Gasteiger partial charge < -0.3 is 5.32 Å². The smallest absolute Gasteiger partial charge is 0.189 e. The first-order chi connectivity index (χ1) is 6.24. The fourth-order valence-corrected chi connectivity index (χ4v) is 2.31. The summed E-state index contributed by atoms with van der Waals surface area (Å²) in [7, 11) is 0. The standard InChI is InChI=1S/C8H9N3S2/c1-5-3-9-7(12-5)11-8-10-4-6(2)13-8/h3-4H,1-2H3,(H,9,10,11). The third kappa shape index (κ3) is 2.05. The van der Waals surface area contributed by atoms with Gasteiger partial charge in [-0.05, 0) is 13.8 Å². The summed E-state index contributed by atoms with van der Waals surface area (Å²) in [6.07, 6.45) is 3.71. The Labute approximate surface area is 84.5 Å². The zero-order valence-corrected chi connectivity index (χ0v) is 9.00. The average molecular weight is 211 g/mol. The van der Waals surface area contributed by atoms with Gasteiger partial charge in [-0.15, -0.1) is 22.7 Å². The number of hydrogen-bond donors (Lipinski definition) is 1. The number of nitrogens with zero attached hydrogens (tertiary/aromatic N) is 2. The molecule has 5 heteroatoms. The van der Waals surface area contributed by atoms with E-state index in [4.69, 9.17) is 0 Å². The van der Waals surface area contributed by atoms with Crippen LogP contribution in [0.25, 0.3) is 0 Å². The van der Waals surface area contributed by atoms with Crippen LogP contribution in [0.5, 0.6) is 0 Å². The van der Waals surface area contributed by atoms with Crippen molar-refractivity contribution < 1.29 is 0 Å². The van der Waals surface area contributed by atoms with Gasteiger partial charge in [0.2, 0.25) is 0 Å². The molecule has 0 bridgehead atoms. The molecule has 0 unspecified atom stereocenters. The molecule has 2 aromatic heterocycles. The summed E-state index contributed by atoms with van der Waals surface area (Å²) in [6, 6.07) is 0. The van der Waals surface area contributed by atoms with Crippen molar-refractivity contribution in [1.29, 1.82) is 0 Å². The highest BCUT2D eigenvalue weighted by Gasteiger charge is 2.01. The van der Waals surface area contributed by atoms with E-state index in [-0.39, 0.29) is 0 Å². The van der Waals surface area contributed by atoms with Crippen molar-refractivity contribution in [2.45, 2.75) is 13.8 Å². The molecule has 3 nitrogen and oxygen atoms in total. The Hall–Kier alpha value is -0.940. The molecule has 13 heavy (non-hydrogen) atoms. The molecule has 0 spiro atoms. The lowest BCUT2D eigenvalue weighted by atomic mass is 10.6. The first-order valence-corrected chi connectivity index (χ1v) is 5.49. The molecule has 2 heterocycles. The Kier molecular flexibility index (Phi) is 2.28. The van der Waals surface area contributed by atoms with Gasteiger partial charge in [0.05, 0.1) is 0 Å². The van der Waals surface area contributed by atoms with E-state index in [1.165, 1.54) is 9.75 Å². The minimum Gasteiger partial charge on any atom is -0.307 e. The summed E-state index contributed by atoms with van der Waals surface area (Å²) < 4.78 is 0. The predicted molar refractivity (Wildman–Crippen MR) is 57.0 cm³/mol. The van der Waals surface area contributed by atoms with Crippen molar-refractivity contribution in [2.24, 2.45) is 0 Å². The van der Waals surface area contributed by atoms with Gasteiger partial charge >= 0.3 is 0 Å². The summed E-state index contributed by atoms with van der Waals surface area (Å²) in [6.45, 7) is 4.08. The highest BCUT2D eigenvalue weighted by molar-refractivity contribution is 7.17. The van der Waals surface area contributed by atoms with Crippen molar-refractivity contribution in [3.05, 3.63) is 22.1 Å². The normalized spacial score (nSPS) is 10.3. The summed E-state index contributed by atoms with van der Waals surface area (Å²) >= 11 is 3.27. The SMILES string of the molecule is Cc1cnc(Nc2ncc(C)s2)s1. The van der Waals surface area contributed by atoms with Gasteiger partial charge in [-0.3, -0.25) is 0 Å². The Morgan fingerprint density at radius 3 is 1.77 bits per heavy atom. The van der Waals surface area contributed by atoms with Crippen LogP contribution in [0.4, 0.5) is 10.3 Å². The van der Waals surface area contributed by atoms with Crippen molar-refractivity contribution >= 4 is 32.9 Å². The second-order valence-corrected chi connectivity index (χ2v) is 5.15. The number of anilines is 2. The number of nitrogens with one attached hydrogen (secondary N) is 1. The maximum atomic E-state index is 4.19. The lowest BCUT2D eigenvalue weighted by molar-refractivity contribution is 1.33. The molecule has 0 atom stereocenters. The van der Waals surface area contributed by atoms with Gasteiger partial charge in [0.25, 0.3) is 0 Å². The lowest BCUT2D eigenvalue weighted by Crippen LogP contribution is -1.86. The molecule has 0 fully saturated rings. The van der Waals surface area contributed by atoms with Crippen LogP contribution in [0.1, 0.15) is 9.75 Å². The maximum absolute atomic E-state index is 4.19. The fourth-order valence-electron chi connectivity index (χ4n) is 0.917. The van der Waals surface area contributed by atoms with Crippen LogP contribution in [0.3, 0.4) is 0 Å². The summed E-state index contributed by atoms with van der Waals surface area (Å²) in [5.74, 6) is 0. The molecule has 0 saturated carbocycles. The van der Waals surface area contributed by atoms with Crippen LogP contribution in [0.2, 0.25) is 0 Å². The lowest BCUT2D eigenvalue weighted by Gasteiger charge is -1.93. The van der Waals surface area contributed by atoms with E-state index in [0.717, 1.165) is 10.3 Å². The first-order valence-electron chi connectivity index (χ1n) is 3.86. The van der Waals surface area contributed by atoms with E-state index >= 15 is 0 Å². The molecule has 2 aromatic rings. The number of aryl methyl sites for hydroxylation is 2. The Bertz CT molecular complexity index is 367. The number of hydrogen-bond acceptors (Lipinski definition) is 5. The van der Waals surface area contributed by atoms with Gasteiger partial charge in [-0.25, -0.2) is 9.97 Å². The highest BCUT2D eigenvalue weighted by atomic mass is 32.1. The zero-order valence-electron chi connectivity index (χ0n) is 7.37. The van der Waals surface area contributed by atoms with E-state index in [1.54, 1.807) is 22.7 Å². The van der Waals surface area contributed by atoms with E-state index in [9.17, 15) is 0 Å². The number of rotatable bonds is 2. The van der Waals surface area contributed by atoms with Gasteiger partial charge in [0.15, 0.2) is 10.3 Å². The molecule has 1 N–H and O–H groups in total. The van der Waals surface area contributed by atoms with Gasteiger partial charge in [-0.1, -0.05) is 0 Å². The first kappa shape index (κ1) is 8.65. The van der Waals surface area contributed by atoms with Crippen LogP contribution in [-0.4, -0.2) is 9.97 Å². The monoisotopic (exact) mass is 211 g/mol. The fraction of sp³-hybridized carbons (Fsp3) is 0.250. The Balaban J connectivity index is 2.14. The van der Waals surface area contributed by atoms with Crippen LogP contribution < -0.4 is 5.32 Å². The third-order valence-electron chi connectivity index (χ3n) is 1.46. The molecule has 0 aliphatic carbocycles. The topological polar surface area (TPSA) is 37.8 Å². The van der Waals surface area contributed by atoms with Gasteiger partial charge in [-0.2, -0.15) is 0 Å². The maximum Gasteiger partial charge on any atom is 0.189 e. The molecule has 0 aromatic carbocycles. The molecule has 0 aliphatic rings. The van der Waals surface area contributed by atoms with Crippen molar-refractivity contribution in [2.75, 3.05) is 5.32 Å². The highest BCUT2D eigenvalue weighted by Crippen LogP contribution is 2.24. The summed E-state index contributed by atoms with van der Waals surface area (Å²) in [5, 5.41) is 4.98. The quantitative estimate of drug-likeness (QED) is 0.830. The Morgan fingerprint density at radius 1 is 1.00 bits per heavy atom. The molecule has 0 saturated heterocycles. The van der Waals surface area contributed by atoms with Crippen molar-refractivity contribution in [3.63, 3.8) is 0 Å². The Morgan fingerprint density at radius 2 is 1.46 bits per heavy atom. The minimum atomic E-state index is 0.909. The third-order valence-corrected chi connectivity index (χ3v) is 3.11. The largest absolute Gasteiger partial charge is 0.307 e. The van der Waals surface area contributed by atoms with Crippen LogP contribution in [0, 0.1) is 13.8 Å². The average Bonchev–Trinajstić information content (AvgIpc) is 2.62. The number of aromatic nitrogens is 2. The molecular formula is C8H9N3S2. The van der Waals surface area contributed by atoms with Crippen LogP contribution >= 0.6 is 22.7 Å². The molecule has 2 rings (SSSR count). The van der Waals surface area contributed by atoms with Gasteiger partial charge in [0, 0.05) is 22.1 Å². The van der Waals surface area contributed by atoms with Crippen LogP contribution in [-0.2, 0) is 0 Å². The minimum absolute atomic E-state index is 0.909. The summed E-state index contributed by atoms with van der Waals surface area (Å²) in [4.78, 5) is 10.8. The van der Waals surface area contributed by atoms with E-state index in [0.29, 0.717) is 0 Å². The summed E-state index contributed by atoms with van der Waals surface area (Å²) in [5.41, 5.74) is 0.